The van der Waals surface area contributed by atoms with Gasteiger partial charge in [-0.1, -0.05) is 6.07 Å². The molecule has 0 saturated carbocycles. The number of carbonyl (C=O) groups is 1. The second-order valence-electron chi connectivity index (χ2n) is 4.68. The maximum Gasteiger partial charge on any atom is 0.338 e. The largest absolute Gasteiger partial charge is 0.497 e. The van der Waals surface area contributed by atoms with Gasteiger partial charge < -0.3 is 9.47 Å². The Kier molecular flexibility index (Phi) is 4.45. The standard InChI is InChI=1S/C15H16N2O5/c1-16-11(8-13(18)17(2)15(16)20)9-22-14(19)10-5-4-6-12(7-10)21-3/h4-8H,9H2,1-3H3. The highest BCUT2D eigenvalue weighted by atomic mass is 16.5. The third-order valence-corrected chi connectivity index (χ3v) is 3.28. The lowest BCUT2D eigenvalue weighted by atomic mass is 10.2. The summed E-state index contributed by atoms with van der Waals surface area (Å²) in [5, 5.41) is 0. The molecule has 2 aromatic rings. The number of rotatable bonds is 4. The van der Waals surface area contributed by atoms with Crippen molar-refractivity contribution in [2.45, 2.75) is 6.61 Å². The van der Waals surface area contributed by atoms with E-state index in [1.54, 1.807) is 24.3 Å². The zero-order valence-corrected chi connectivity index (χ0v) is 12.5. The fourth-order valence-corrected chi connectivity index (χ4v) is 1.89. The van der Waals surface area contributed by atoms with E-state index in [1.807, 2.05) is 0 Å². The van der Waals surface area contributed by atoms with Crippen LogP contribution in [0, 0.1) is 0 Å². The van der Waals surface area contributed by atoms with Gasteiger partial charge in [-0.15, -0.1) is 0 Å². The minimum Gasteiger partial charge on any atom is -0.497 e. The van der Waals surface area contributed by atoms with Gasteiger partial charge in [0, 0.05) is 20.2 Å². The molecule has 0 fully saturated rings. The van der Waals surface area contributed by atoms with Gasteiger partial charge in [0.1, 0.15) is 12.4 Å². The third-order valence-electron chi connectivity index (χ3n) is 3.28. The summed E-state index contributed by atoms with van der Waals surface area (Å²) < 4.78 is 12.4. The van der Waals surface area contributed by atoms with Crippen molar-refractivity contribution in [3.8, 4) is 5.75 Å². The Bertz CT molecular complexity index is 819. The van der Waals surface area contributed by atoms with Gasteiger partial charge in [0.15, 0.2) is 0 Å². The quantitative estimate of drug-likeness (QED) is 0.766. The van der Waals surface area contributed by atoms with Crippen LogP contribution in [0.2, 0.25) is 0 Å². The lowest BCUT2D eigenvalue weighted by Crippen LogP contribution is -2.38. The molecule has 0 N–H and O–H groups in total. The summed E-state index contributed by atoms with van der Waals surface area (Å²) in [5.74, 6) is -0.0255. The number of methoxy groups -OCH3 is 1. The van der Waals surface area contributed by atoms with Gasteiger partial charge in [0.25, 0.3) is 5.56 Å². The number of benzene rings is 1. The van der Waals surface area contributed by atoms with Crippen molar-refractivity contribution in [2.24, 2.45) is 14.1 Å². The number of hydrogen-bond donors (Lipinski definition) is 0. The van der Waals surface area contributed by atoms with E-state index in [1.165, 1.54) is 31.8 Å². The van der Waals surface area contributed by atoms with Crippen molar-refractivity contribution >= 4 is 5.97 Å². The Labute approximate surface area is 126 Å². The molecule has 0 aliphatic rings. The maximum absolute atomic E-state index is 12.0. The summed E-state index contributed by atoms with van der Waals surface area (Å²) in [6, 6.07) is 7.78. The first kappa shape index (κ1) is 15.6. The first-order valence-electron chi connectivity index (χ1n) is 6.51. The highest BCUT2D eigenvalue weighted by Crippen LogP contribution is 2.13. The molecule has 0 aliphatic heterocycles. The number of ether oxygens (including phenoxy) is 2. The van der Waals surface area contributed by atoms with Crippen LogP contribution in [0.25, 0.3) is 0 Å². The second kappa shape index (κ2) is 6.30. The van der Waals surface area contributed by atoms with Crippen LogP contribution in [0.5, 0.6) is 5.75 Å². The minimum absolute atomic E-state index is 0.169. The normalized spacial score (nSPS) is 10.3. The highest BCUT2D eigenvalue weighted by molar-refractivity contribution is 5.89. The second-order valence-corrected chi connectivity index (χ2v) is 4.68. The zero-order chi connectivity index (χ0) is 16.3. The average Bonchev–Trinajstić information content (AvgIpc) is 2.54. The average molecular weight is 304 g/mol. The lowest BCUT2D eigenvalue weighted by molar-refractivity contribution is 0.0462. The predicted octanol–water partition coefficient (Wildman–Crippen LogP) is 0.450. The van der Waals surface area contributed by atoms with E-state index in [9.17, 15) is 14.4 Å². The Morgan fingerprint density at radius 3 is 2.55 bits per heavy atom. The Morgan fingerprint density at radius 1 is 1.14 bits per heavy atom. The SMILES string of the molecule is COc1cccc(C(=O)OCc2cc(=O)n(C)c(=O)n2C)c1. The van der Waals surface area contributed by atoms with Gasteiger partial charge in [-0.25, -0.2) is 9.59 Å². The molecule has 0 bridgehead atoms. The van der Waals surface area contributed by atoms with Gasteiger partial charge >= 0.3 is 11.7 Å². The molecule has 0 saturated heterocycles. The van der Waals surface area contributed by atoms with Crippen molar-refractivity contribution in [2.75, 3.05) is 7.11 Å². The van der Waals surface area contributed by atoms with Crippen molar-refractivity contribution in [1.29, 1.82) is 0 Å². The summed E-state index contributed by atoms with van der Waals surface area (Å²) in [6.45, 7) is -0.169. The van der Waals surface area contributed by atoms with Gasteiger partial charge in [-0.05, 0) is 18.2 Å². The molecule has 0 atom stereocenters. The summed E-state index contributed by atoms with van der Waals surface area (Å²) in [7, 11) is 4.40. The number of carbonyl (C=O) groups excluding carboxylic acids is 1. The molecular weight excluding hydrogens is 288 g/mol. The Morgan fingerprint density at radius 2 is 1.86 bits per heavy atom. The van der Waals surface area contributed by atoms with E-state index in [2.05, 4.69) is 0 Å². The summed E-state index contributed by atoms with van der Waals surface area (Å²) in [5.41, 5.74) is -0.270. The number of nitrogens with zero attached hydrogens (tertiary/aromatic N) is 2. The zero-order valence-electron chi connectivity index (χ0n) is 12.5. The topological polar surface area (TPSA) is 79.5 Å². The molecule has 1 aromatic carbocycles. The fraction of sp³-hybridized carbons (Fsp3) is 0.267. The molecule has 116 valence electrons. The van der Waals surface area contributed by atoms with E-state index < -0.39 is 17.2 Å². The van der Waals surface area contributed by atoms with Crippen LogP contribution in [0.3, 0.4) is 0 Å². The van der Waals surface area contributed by atoms with Crippen LogP contribution < -0.4 is 16.0 Å². The molecule has 1 heterocycles. The highest BCUT2D eigenvalue weighted by Gasteiger charge is 2.11. The smallest absolute Gasteiger partial charge is 0.338 e. The van der Waals surface area contributed by atoms with E-state index in [-0.39, 0.29) is 6.61 Å². The monoisotopic (exact) mass is 304 g/mol. The van der Waals surface area contributed by atoms with Gasteiger partial charge in [0.2, 0.25) is 0 Å². The Hall–Kier alpha value is -2.83. The van der Waals surface area contributed by atoms with Crippen molar-refractivity contribution in [1.82, 2.24) is 9.13 Å². The van der Waals surface area contributed by atoms with E-state index >= 15 is 0 Å². The van der Waals surface area contributed by atoms with Crippen LogP contribution in [0.15, 0.2) is 39.9 Å². The molecule has 0 spiro atoms. The van der Waals surface area contributed by atoms with E-state index in [4.69, 9.17) is 9.47 Å². The van der Waals surface area contributed by atoms with Crippen LogP contribution in [0.1, 0.15) is 16.1 Å². The number of esters is 1. The number of aromatic nitrogens is 2. The molecule has 2 rings (SSSR count). The van der Waals surface area contributed by atoms with Crippen molar-refractivity contribution < 1.29 is 14.3 Å². The lowest BCUT2D eigenvalue weighted by Gasteiger charge is -2.10. The minimum atomic E-state index is -0.563. The van der Waals surface area contributed by atoms with Gasteiger partial charge in [-0.3, -0.25) is 13.9 Å². The van der Waals surface area contributed by atoms with Gasteiger partial charge in [-0.2, -0.15) is 0 Å². The summed E-state index contributed by atoms with van der Waals surface area (Å²) >= 11 is 0. The number of hydrogen-bond acceptors (Lipinski definition) is 5. The van der Waals surface area contributed by atoms with Crippen molar-refractivity contribution in [3.63, 3.8) is 0 Å². The molecule has 1 aromatic heterocycles. The van der Waals surface area contributed by atoms with E-state index in [0.717, 1.165) is 4.57 Å². The van der Waals surface area contributed by atoms with Crippen LogP contribution >= 0.6 is 0 Å². The molecule has 7 heteroatoms. The Balaban J connectivity index is 2.18. The molecule has 0 radical (unpaired) electrons. The van der Waals surface area contributed by atoms with Crippen LogP contribution in [0.4, 0.5) is 0 Å². The molecule has 0 unspecified atom stereocenters. The molecular formula is C15H16N2O5. The molecule has 22 heavy (non-hydrogen) atoms. The summed E-state index contributed by atoms with van der Waals surface area (Å²) in [6.07, 6.45) is 0. The maximum atomic E-state index is 12.0. The summed E-state index contributed by atoms with van der Waals surface area (Å²) in [4.78, 5) is 35.4. The predicted molar refractivity (Wildman–Crippen MR) is 79.0 cm³/mol. The van der Waals surface area contributed by atoms with E-state index in [0.29, 0.717) is 17.0 Å². The third kappa shape index (κ3) is 3.08. The fourth-order valence-electron chi connectivity index (χ4n) is 1.89. The molecule has 0 aliphatic carbocycles. The van der Waals surface area contributed by atoms with Crippen LogP contribution in [-0.4, -0.2) is 22.2 Å². The van der Waals surface area contributed by atoms with Gasteiger partial charge in [0.05, 0.1) is 18.4 Å². The first-order chi connectivity index (χ1) is 10.4. The molecule has 7 nitrogen and oxygen atoms in total. The van der Waals surface area contributed by atoms with Crippen LogP contribution in [-0.2, 0) is 25.4 Å². The molecule has 0 amide bonds. The first-order valence-corrected chi connectivity index (χ1v) is 6.51. The van der Waals surface area contributed by atoms with Crippen molar-refractivity contribution in [3.05, 3.63) is 62.4 Å².